The lowest BCUT2D eigenvalue weighted by Crippen LogP contribution is -2.59. The Morgan fingerprint density at radius 2 is 1.77 bits per heavy atom. The van der Waals surface area contributed by atoms with Crippen molar-refractivity contribution in [3.8, 4) is 0 Å². The summed E-state index contributed by atoms with van der Waals surface area (Å²) in [6, 6.07) is -0.0354. The molecule has 3 rings (SSSR count). The van der Waals surface area contributed by atoms with Gasteiger partial charge in [-0.1, -0.05) is 0 Å². The fourth-order valence-electron chi connectivity index (χ4n) is 4.07. The summed E-state index contributed by atoms with van der Waals surface area (Å²) in [7, 11) is 3.76. The predicted octanol–water partition coefficient (Wildman–Crippen LogP) is 2.68. The van der Waals surface area contributed by atoms with Gasteiger partial charge in [0.25, 0.3) is 0 Å². The van der Waals surface area contributed by atoms with Crippen LogP contribution in [0, 0.1) is 0 Å². The summed E-state index contributed by atoms with van der Waals surface area (Å²) in [5, 5.41) is 11.3. The molecular formula is C19H30N4O3. The van der Waals surface area contributed by atoms with Gasteiger partial charge in [-0.05, 0) is 40.0 Å². The lowest BCUT2D eigenvalue weighted by atomic mass is 9.73. The second-order valence-electron chi connectivity index (χ2n) is 8.73. The van der Waals surface area contributed by atoms with E-state index in [0.29, 0.717) is 18.8 Å². The molecule has 2 bridgehead atoms. The highest BCUT2D eigenvalue weighted by Crippen LogP contribution is 2.44. The molecule has 1 aromatic rings. The quantitative estimate of drug-likeness (QED) is 0.871. The molecular weight excluding hydrogens is 332 g/mol. The van der Waals surface area contributed by atoms with Crippen molar-refractivity contribution in [3.05, 3.63) is 18.0 Å². The van der Waals surface area contributed by atoms with E-state index in [9.17, 15) is 9.90 Å². The number of hydrogen-bond acceptors (Lipinski definition) is 6. The minimum Gasteiger partial charge on any atom is -0.444 e. The fraction of sp³-hybridized carbons (Fsp3) is 0.737. The molecule has 0 saturated carbocycles. The number of anilines is 1. The number of aliphatic hydroxyl groups is 1. The van der Waals surface area contributed by atoms with Crippen molar-refractivity contribution in [3.63, 3.8) is 0 Å². The van der Waals surface area contributed by atoms with Gasteiger partial charge in [-0.3, -0.25) is 0 Å². The highest BCUT2D eigenvalue weighted by atomic mass is 16.6. The Kier molecular flexibility index (Phi) is 4.86. The second-order valence-corrected chi connectivity index (χ2v) is 8.73. The normalized spacial score (nSPS) is 28.6. The van der Waals surface area contributed by atoms with Crippen molar-refractivity contribution in [1.29, 1.82) is 0 Å². The Hall–Kier alpha value is -1.89. The summed E-state index contributed by atoms with van der Waals surface area (Å²) >= 11 is 0. The van der Waals surface area contributed by atoms with Crippen LogP contribution in [0.5, 0.6) is 0 Å². The third-order valence-corrected chi connectivity index (χ3v) is 5.19. The van der Waals surface area contributed by atoms with E-state index in [1.807, 2.05) is 44.7 Å². The van der Waals surface area contributed by atoms with Crippen LogP contribution in [0.4, 0.5) is 10.7 Å². The van der Waals surface area contributed by atoms with Gasteiger partial charge in [0.2, 0.25) is 5.95 Å². The molecule has 7 nitrogen and oxygen atoms in total. The fourth-order valence-corrected chi connectivity index (χ4v) is 4.07. The first-order chi connectivity index (χ1) is 12.1. The smallest absolute Gasteiger partial charge is 0.410 e. The summed E-state index contributed by atoms with van der Waals surface area (Å²) in [5.74, 6) is 0.615. The molecule has 1 aromatic heterocycles. The van der Waals surface area contributed by atoms with Gasteiger partial charge in [0, 0.05) is 57.0 Å². The maximum absolute atomic E-state index is 12.7. The molecule has 2 unspecified atom stereocenters. The van der Waals surface area contributed by atoms with Gasteiger partial charge in [0.1, 0.15) is 5.60 Å². The first-order valence-corrected chi connectivity index (χ1v) is 9.33. The Balaban J connectivity index is 1.81. The SMILES string of the molecule is CN(C)c1ncc(C2(O)CC3CCCC(C2)N3C(=O)OC(C)(C)C)cn1. The van der Waals surface area contributed by atoms with Crippen molar-refractivity contribution in [1.82, 2.24) is 14.9 Å². The predicted molar refractivity (Wildman–Crippen MR) is 99.0 cm³/mol. The van der Waals surface area contributed by atoms with E-state index in [2.05, 4.69) is 9.97 Å². The van der Waals surface area contributed by atoms with Gasteiger partial charge in [-0.15, -0.1) is 0 Å². The average molecular weight is 362 g/mol. The summed E-state index contributed by atoms with van der Waals surface area (Å²) in [5.41, 5.74) is -0.794. The molecule has 0 aliphatic carbocycles. The number of fused-ring (bicyclic) bond motifs is 2. The molecule has 26 heavy (non-hydrogen) atoms. The van der Waals surface area contributed by atoms with E-state index < -0.39 is 11.2 Å². The van der Waals surface area contributed by atoms with Gasteiger partial charge in [-0.25, -0.2) is 14.8 Å². The molecule has 3 heterocycles. The van der Waals surface area contributed by atoms with E-state index >= 15 is 0 Å². The number of aromatic nitrogens is 2. The third-order valence-electron chi connectivity index (χ3n) is 5.19. The molecule has 2 aliphatic heterocycles. The summed E-state index contributed by atoms with van der Waals surface area (Å²) in [6.45, 7) is 5.64. The number of carbonyl (C=O) groups excluding carboxylic acids is 1. The molecule has 2 saturated heterocycles. The number of nitrogens with zero attached hydrogens (tertiary/aromatic N) is 4. The van der Waals surface area contributed by atoms with Crippen LogP contribution in [0.25, 0.3) is 0 Å². The lowest BCUT2D eigenvalue weighted by molar-refractivity contribution is -0.0967. The molecule has 2 aliphatic rings. The first kappa shape index (κ1) is 18.9. The molecule has 7 heteroatoms. The molecule has 1 amide bonds. The maximum atomic E-state index is 12.7. The van der Waals surface area contributed by atoms with Crippen molar-refractivity contribution < 1.29 is 14.6 Å². The van der Waals surface area contributed by atoms with E-state index in [4.69, 9.17) is 4.74 Å². The van der Waals surface area contributed by atoms with Crippen LogP contribution >= 0.6 is 0 Å². The molecule has 1 N–H and O–H groups in total. The van der Waals surface area contributed by atoms with Crippen LogP contribution < -0.4 is 4.90 Å². The highest BCUT2D eigenvalue weighted by molar-refractivity contribution is 5.69. The standard InChI is InChI=1S/C19H30N4O3/c1-18(2,3)26-17(24)23-14-7-6-8-15(23)10-19(25,9-14)13-11-20-16(21-12-13)22(4)5/h11-12,14-15,25H,6-10H2,1-5H3. The minimum atomic E-state index is -1.00. The Morgan fingerprint density at radius 3 is 2.23 bits per heavy atom. The summed E-state index contributed by atoms with van der Waals surface area (Å²) < 4.78 is 5.60. The van der Waals surface area contributed by atoms with Crippen LogP contribution in [-0.2, 0) is 10.3 Å². The van der Waals surface area contributed by atoms with Gasteiger partial charge in [-0.2, -0.15) is 0 Å². The zero-order chi connectivity index (χ0) is 19.1. The number of rotatable bonds is 2. The first-order valence-electron chi connectivity index (χ1n) is 9.33. The minimum absolute atomic E-state index is 0.0177. The van der Waals surface area contributed by atoms with Crippen molar-refractivity contribution in [2.24, 2.45) is 0 Å². The highest BCUT2D eigenvalue weighted by Gasteiger charge is 2.49. The van der Waals surface area contributed by atoms with E-state index in [0.717, 1.165) is 24.8 Å². The molecule has 0 aromatic carbocycles. The molecule has 0 radical (unpaired) electrons. The molecule has 2 atom stereocenters. The maximum Gasteiger partial charge on any atom is 0.410 e. The van der Waals surface area contributed by atoms with Crippen molar-refractivity contribution >= 4 is 12.0 Å². The van der Waals surface area contributed by atoms with Crippen LogP contribution in [0.3, 0.4) is 0 Å². The van der Waals surface area contributed by atoms with Crippen LogP contribution in [0.1, 0.15) is 58.4 Å². The number of hydrogen-bond donors (Lipinski definition) is 1. The monoisotopic (exact) mass is 362 g/mol. The van der Waals surface area contributed by atoms with Crippen molar-refractivity contribution in [2.75, 3.05) is 19.0 Å². The van der Waals surface area contributed by atoms with Crippen LogP contribution in [0.2, 0.25) is 0 Å². The molecule has 2 fully saturated rings. The Labute approximate surface area is 155 Å². The topological polar surface area (TPSA) is 78.8 Å². The van der Waals surface area contributed by atoms with E-state index in [1.165, 1.54) is 0 Å². The van der Waals surface area contributed by atoms with Gasteiger partial charge >= 0.3 is 6.09 Å². The van der Waals surface area contributed by atoms with Crippen molar-refractivity contribution in [2.45, 2.75) is 76.2 Å². The van der Waals surface area contributed by atoms with Gasteiger partial charge in [0.05, 0.1) is 5.60 Å². The largest absolute Gasteiger partial charge is 0.444 e. The summed E-state index contributed by atoms with van der Waals surface area (Å²) in [4.78, 5) is 25.1. The molecule has 0 spiro atoms. The second kappa shape index (κ2) is 6.68. The third kappa shape index (κ3) is 3.77. The zero-order valence-corrected chi connectivity index (χ0v) is 16.4. The van der Waals surface area contributed by atoms with Gasteiger partial charge < -0.3 is 19.6 Å². The number of carbonyl (C=O) groups is 1. The van der Waals surface area contributed by atoms with E-state index in [1.54, 1.807) is 12.4 Å². The Morgan fingerprint density at radius 1 is 1.23 bits per heavy atom. The average Bonchev–Trinajstić information content (AvgIpc) is 2.52. The number of amides is 1. The number of piperidine rings is 2. The van der Waals surface area contributed by atoms with Crippen LogP contribution in [0.15, 0.2) is 12.4 Å². The molecule has 144 valence electrons. The lowest BCUT2D eigenvalue weighted by Gasteiger charge is -2.51. The summed E-state index contributed by atoms with van der Waals surface area (Å²) in [6.07, 6.45) is 6.97. The van der Waals surface area contributed by atoms with Crippen LogP contribution in [-0.4, -0.2) is 57.8 Å². The van der Waals surface area contributed by atoms with E-state index in [-0.39, 0.29) is 18.2 Å². The zero-order valence-electron chi connectivity index (χ0n) is 16.4. The Bertz CT molecular complexity index is 640. The van der Waals surface area contributed by atoms with Gasteiger partial charge in [0.15, 0.2) is 0 Å². The number of ether oxygens (including phenoxy) is 1.